The predicted molar refractivity (Wildman–Crippen MR) is 189 cm³/mol. The average Bonchev–Trinajstić information content (AvgIpc) is 3.76. The number of rotatable bonds is 7. The van der Waals surface area contributed by atoms with Crippen molar-refractivity contribution in [3.05, 3.63) is 46.5 Å². The highest BCUT2D eigenvalue weighted by molar-refractivity contribution is 7.80. The minimum atomic E-state index is -1.82. The molecule has 4 bridgehead atoms. The van der Waals surface area contributed by atoms with Crippen molar-refractivity contribution < 1.29 is 48.0 Å². The van der Waals surface area contributed by atoms with E-state index in [1.165, 1.54) is 38.0 Å². The number of epoxide rings is 1. The number of halogens is 1. The summed E-state index contributed by atoms with van der Waals surface area (Å²) in [5.74, 6) is -1.30. The van der Waals surface area contributed by atoms with Gasteiger partial charge in [0.15, 0.2) is 5.72 Å². The Bertz CT molecular complexity index is 1540. The number of hydrogen-bond acceptors (Lipinski definition) is 11. The molecule has 13 nitrogen and oxygen atoms in total. The van der Waals surface area contributed by atoms with Crippen molar-refractivity contribution in [2.45, 2.75) is 95.2 Å². The highest BCUT2D eigenvalue weighted by Crippen LogP contribution is 2.49. The summed E-state index contributed by atoms with van der Waals surface area (Å²) < 4.78 is 29.0. The number of thiol groups is 1. The van der Waals surface area contributed by atoms with Gasteiger partial charge in [0.25, 0.3) is 0 Å². The maximum atomic E-state index is 14.0. The third kappa shape index (κ3) is 8.42. The van der Waals surface area contributed by atoms with E-state index in [4.69, 9.17) is 35.3 Å². The number of allylic oxidation sites excluding steroid dienone is 3. The van der Waals surface area contributed by atoms with Gasteiger partial charge >= 0.3 is 12.1 Å². The topological polar surface area (TPSA) is 156 Å². The zero-order chi connectivity index (χ0) is 37.1. The number of methoxy groups -OCH3 is 2. The SMILES string of the molecule is COc1cc2cc(c1Cl)N(C)C(=O)C[C@H](OC(=O)C(C)N(C)C(=O)CCS)[C@]1(C)O[C@H]1C(C)[C@@H]1C[C@@](O)(NC(=O)O1)[C@H](OC)/C=C/C=C(\C)C2. The Hall–Kier alpha value is -3.30. The Kier molecular flexibility index (Phi) is 12.6. The van der Waals surface area contributed by atoms with Crippen LogP contribution in [0.1, 0.15) is 52.5 Å². The zero-order valence-electron chi connectivity index (χ0n) is 29.7. The molecule has 1 aromatic rings. The van der Waals surface area contributed by atoms with Gasteiger partial charge in [-0.05, 0) is 50.6 Å². The Morgan fingerprint density at radius 3 is 2.62 bits per heavy atom. The molecule has 2 N–H and O–H groups in total. The second-order valence-corrected chi connectivity index (χ2v) is 14.2. The maximum Gasteiger partial charge on any atom is 0.409 e. The van der Waals surface area contributed by atoms with Crippen LogP contribution in [0.4, 0.5) is 10.5 Å². The summed E-state index contributed by atoms with van der Waals surface area (Å²) in [4.78, 5) is 55.6. The van der Waals surface area contributed by atoms with Crippen LogP contribution in [0.15, 0.2) is 35.9 Å². The summed E-state index contributed by atoms with van der Waals surface area (Å²) in [5.41, 5.74) is -0.903. The lowest BCUT2D eigenvalue weighted by molar-refractivity contribution is -0.161. The Morgan fingerprint density at radius 2 is 1.98 bits per heavy atom. The number of ether oxygens (including phenoxy) is 5. The summed E-state index contributed by atoms with van der Waals surface area (Å²) in [5, 5.41) is 14.4. The molecule has 0 spiro atoms. The van der Waals surface area contributed by atoms with Crippen LogP contribution in [-0.4, -0.2) is 110 Å². The number of amides is 3. The van der Waals surface area contributed by atoms with Crippen molar-refractivity contribution in [3.63, 3.8) is 0 Å². The van der Waals surface area contributed by atoms with Crippen molar-refractivity contribution in [1.82, 2.24) is 10.2 Å². The smallest absolute Gasteiger partial charge is 0.409 e. The minimum Gasteiger partial charge on any atom is -0.495 e. The number of aliphatic hydroxyl groups is 1. The first-order chi connectivity index (χ1) is 23.5. The molecule has 2 unspecified atom stereocenters. The molecular weight excluding hydrogens is 690 g/mol. The van der Waals surface area contributed by atoms with Gasteiger partial charge in [-0.15, -0.1) is 0 Å². The number of anilines is 1. The van der Waals surface area contributed by atoms with Crippen LogP contribution in [-0.2, 0) is 39.8 Å². The predicted octanol–water partition coefficient (Wildman–Crippen LogP) is 3.83. The van der Waals surface area contributed by atoms with Crippen LogP contribution in [0.5, 0.6) is 5.75 Å². The fourth-order valence-corrected chi connectivity index (χ4v) is 6.99. The van der Waals surface area contributed by atoms with Gasteiger partial charge in [-0.25, -0.2) is 9.59 Å². The number of likely N-dealkylation sites (N-methyl/N-ethyl adjacent to an activating group) is 1. The average molecular weight is 738 g/mol. The van der Waals surface area contributed by atoms with Crippen molar-refractivity contribution in [2.24, 2.45) is 5.92 Å². The summed E-state index contributed by atoms with van der Waals surface area (Å²) in [7, 11) is 5.98. The standard InChI is InChI=1S/C35H48ClN3O10S/c1-19-10-9-11-26(46-8)35(44)18-25(47-33(43)37-35)20(2)31-34(4,49-31)27(48-32(42)21(3)38(5)28(40)12-13-50)17-29(41)39(6)23-15-22(14-19)16-24(45-7)30(23)36/h9-11,15-16,20-21,25-27,31,44,50H,12-14,17-18H2,1-8H3,(H,37,43)/b11-9+,19-10+/t20?,21?,25-,26+,27-,31-,34-,35-/m0/s1. The van der Waals surface area contributed by atoms with Gasteiger partial charge < -0.3 is 38.6 Å². The molecule has 276 valence electrons. The molecule has 15 heteroatoms. The van der Waals surface area contributed by atoms with Crippen LogP contribution < -0.4 is 15.0 Å². The second-order valence-electron chi connectivity index (χ2n) is 13.4. The second kappa shape index (κ2) is 15.9. The lowest BCUT2D eigenvalue weighted by Crippen LogP contribution is -2.63. The highest BCUT2D eigenvalue weighted by atomic mass is 35.5. The van der Waals surface area contributed by atoms with Gasteiger partial charge in [0.05, 0.1) is 25.3 Å². The number of nitrogens with zero attached hydrogens (tertiary/aromatic N) is 2. The van der Waals surface area contributed by atoms with E-state index in [2.05, 4.69) is 17.9 Å². The number of alkyl carbamates (subject to hydrolysis) is 1. The molecule has 3 heterocycles. The molecule has 2 fully saturated rings. The maximum absolute atomic E-state index is 14.0. The van der Waals surface area contributed by atoms with E-state index in [9.17, 15) is 24.3 Å². The molecule has 8 atom stereocenters. The van der Waals surface area contributed by atoms with E-state index < -0.39 is 65.7 Å². The van der Waals surface area contributed by atoms with Gasteiger partial charge in [0.2, 0.25) is 11.8 Å². The number of carbonyl (C=O) groups excluding carboxylic acids is 4. The molecule has 3 amide bonds. The lowest BCUT2D eigenvalue weighted by atomic mass is 9.83. The molecule has 0 radical (unpaired) electrons. The van der Waals surface area contributed by atoms with Crippen LogP contribution in [0.2, 0.25) is 5.02 Å². The summed E-state index contributed by atoms with van der Waals surface area (Å²) in [6, 6.07) is 2.60. The largest absolute Gasteiger partial charge is 0.495 e. The van der Waals surface area contributed by atoms with Crippen LogP contribution in [0.25, 0.3) is 0 Å². The number of esters is 1. The number of hydrogen-bond donors (Lipinski definition) is 3. The van der Waals surface area contributed by atoms with Crippen LogP contribution >= 0.6 is 24.2 Å². The molecule has 2 saturated heterocycles. The third-order valence-electron chi connectivity index (χ3n) is 9.85. The number of carbonyl (C=O) groups is 4. The van der Waals surface area contributed by atoms with Gasteiger partial charge in [-0.1, -0.05) is 42.3 Å². The first-order valence-corrected chi connectivity index (χ1v) is 17.5. The zero-order valence-corrected chi connectivity index (χ0v) is 31.4. The molecule has 4 rings (SSSR count). The normalized spacial score (nSPS) is 32.3. The van der Waals surface area contributed by atoms with Crippen molar-refractivity contribution in [1.29, 1.82) is 0 Å². The van der Waals surface area contributed by atoms with Gasteiger partial charge in [-0.2, -0.15) is 12.6 Å². The molecule has 0 saturated carbocycles. The molecule has 50 heavy (non-hydrogen) atoms. The fraction of sp³-hybridized carbons (Fsp3) is 0.600. The highest BCUT2D eigenvalue weighted by Gasteiger charge is 2.64. The quantitative estimate of drug-likeness (QED) is 0.214. The fourth-order valence-electron chi connectivity index (χ4n) is 6.49. The summed E-state index contributed by atoms with van der Waals surface area (Å²) in [6.07, 6.45) is 1.08. The molecule has 0 aromatic heterocycles. The van der Waals surface area contributed by atoms with E-state index in [0.717, 1.165) is 11.1 Å². The molecule has 3 aliphatic rings. The number of fused-ring (bicyclic) bond motifs is 5. The van der Waals surface area contributed by atoms with Gasteiger partial charge in [-0.3, -0.25) is 14.9 Å². The first kappa shape index (κ1) is 39.5. The Morgan fingerprint density at radius 1 is 1.28 bits per heavy atom. The van der Waals surface area contributed by atoms with Crippen molar-refractivity contribution >= 4 is 53.8 Å². The molecule has 3 aliphatic heterocycles. The van der Waals surface area contributed by atoms with E-state index in [-0.39, 0.29) is 30.2 Å². The van der Waals surface area contributed by atoms with E-state index in [1.54, 1.807) is 45.2 Å². The van der Waals surface area contributed by atoms with Crippen molar-refractivity contribution in [2.75, 3.05) is 39.0 Å². The third-order valence-corrected chi connectivity index (χ3v) is 10.5. The van der Waals surface area contributed by atoms with Gasteiger partial charge in [0, 0.05) is 40.0 Å². The van der Waals surface area contributed by atoms with E-state index in [1.807, 2.05) is 13.0 Å². The molecule has 0 aliphatic carbocycles. The minimum absolute atomic E-state index is 0.0489. The molecule has 1 aromatic carbocycles. The monoisotopic (exact) mass is 737 g/mol. The summed E-state index contributed by atoms with van der Waals surface area (Å²) >= 11 is 10.8. The van der Waals surface area contributed by atoms with E-state index >= 15 is 0 Å². The van der Waals surface area contributed by atoms with E-state index in [0.29, 0.717) is 23.6 Å². The number of nitrogens with one attached hydrogen (secondary N) is 1. The Balaban J connectivity index is 1.78. The van der Waals surface area contributed by atoms with Gasteiger partial charge in [0.1, 0.15) is 40.7 Å². The summed E-state index contributed by atoms with van der Waals surface area (Å²) in [6.45, 7) is 6.96. The first-order valence-electron chi connectivity index (χ1n) is 16.4. The molecular formula is C35H48ClN3O10S. The Labute approximate surface area is 303 Å². The van der Waals surface area contributed by atoms with Crippen LogP contribution in [0.3, 0.4) is 0 Å². The van der Waals surface area contributed by atoms with Crippen LogP contribution in [0, 0.1) is 5.92 Å². The number of benzene rings is 1. The van der Waals surface area contributed by atoms with Crippen molar-refractivity contribution in [3.8, 4) is 5.75 Å². The lowest BCUT2D eigenvalue weighted by Gasteiger charge is -2.42.